The zero-order chi connectivity index (χ0) is 17.3. The molecule has 1 heterocycles. The lowest BCUT2D eigenvalue weighted by atomic mass is 10.1. The van der Waals surface area contributed by atoms with Crippen LogP contribution in [-0.4, -0.2) is 38.1 Å². The minimum Gasteiger partial charge on any atom is -0.492 e. The highest BCUT2D eigenvalue weighted by atomic mass is 32.2. The molecule has 1 aliphatic heterocycles. The minimum atomic E-state index is -3.82. The molecular weight excluding hydrogens is 336 g/mol. The average molecular weight is 354 g/mol. The number of amidine groups is 1. The molecule has 0 aromatic heterocycles. The Balaban J connectivity index is 1.69. The third-order valence-corrected chi connectivity index (χ3v) is 5.00. The molecule has 1 fully saturated rings. The lowest BCUT2D eigenvalue weighted by Gasteiger charge is -2.20. The molecular formula is C14H18N4O5S. The Bertz CT molecular complexity index is 792. The van der Waals surface area contributed by atoms with Gasteiger partial charge in [-0.05, 0) is 37.3 Å². The first-order valence-electron chi connectivity index (χ1n) is 7.48. The molecule has 0 bridgehead atoms. The van der Waals surface area contributed by atoms with Crippen LogP contribution in [0, 0.1) is 5.92 Å². The number of carbonyl (C=O) groups is 1. The van der Waals surface area contributed by atoms with E-state index in [1.807, 2.05) is 0 Å². The fraction of sp³-hybridized carbons (Fsp3) is 0.429. The summed E-state index contributed by atoms with van der Waals surface area (Å²) < 4.78 is 34.7. The molecule has 10 heteroatoms. The van der Waals surface area contributed by atoms with Gasteiger partial charge >= 0.3 is 16.3 Å². The molecule has 0 saturated heterocycles. The van der Waals surface area contributed by atoms with Gasteiger partial charge in [-0.25, -0.2) is 4.79 Å². The van der Waals surface area contributed by atoms with Crippen LogP contribution < -0.4 is 20.5 Å². The van der Waals surface area contributed by atoms with Crippen molar-refractivity contribution in [3.8, 4) is 5.75 Å². The van der Waals surface area contributed by atoms with Gasteiger partial charge in [-0.1, -0.05) is 6.07 Å². The van der Waals surface area contributed by atoms with Crippen LogP contribution >= 0.6 is 0 Å². The van der Waals surface area contributed by atoms with Gasteiger partial charge in [-0.3, -0.25) is 4.72 Å². The number of benzene rings is 1. The van der Waals surface area contributed by atoms with E-state index in [1.54, 1.807) is 18.2 Å². The number of anilines is 1. The maximum atomic E-state index is 11.6. The Morgan fingerprint density at radius 2 is 2.25 bits per heavy atom. The van der Waals surface area contributed by atoms with Crippen LogP contribution in [-0.2, 0) is 10.2 Å². The first-order chi connectivity index (χ1) is 11.3. The summed E-state index contributed by atoms with van der Waals surface area (Å²) in [4.78, 5) is 10.7. The van der Waals surface area contributed by atoms with Crippen molar-refractivity contribution in [3.05, 3.63) is 23.8 Å². The quantitative estimate of drug-likeness (QED) is 0.632. The maximum Gasteiger partial charge on any atom is 0.404 e. The minimum absolute atomic E-state index is 0.0563. The number of amides is 1. The van der Waals surface area contributed by atoms with Crippen molar-refractivity contribution in [1.82, 2.24) is 5.32 Å². The van der Waals surface area contributed by atoms with Crippen molar-refractivity contribution in [2.45, 2.75) is 25.3 Å². The van der Waals surface area contributed by atoms with Crippen molar-refractivity contribution in [2.24, 2.45) is 16.0 Å². The highest BCUT2D eigenvalue weighted by Crippen LogP contribution is 2.32. The van der Waals surface area contributed by atoms with Gasteiger partial charge in [0.25, 0.3) is 0 Å². The van der Waals surface area contributed by atoms with E-state index in [1.165, 1.54) is 0 Å². The van der Waals surface area contributed by atoms with E-state index in [4.69, 9.17) is 15.6 Å². The van der Waals surface area contributed by atoms with Crippen LogP contribution in [0.1, 0.15) is 24.8 Å². The molecule has 2 atom stereocenters. The molecule has 2 aliphatic rings. The van der Waals surface area contributed by atoms with Gasteiger partial charge in [0.2, 0.25) is 0 Å². The Morgan fingerprint density at radius 3 is 3.00 bits per heavy atom. The van der Waals surface area contributed by atoms with Gasteiger partial charge in [0.15, 0.2) is 5.84 Å². The van der Waals surface area contributed by atoms with Gasteiger partial charge in [-0.15, -0.1) is 4.40 Å². The third-order valence-electron chi connectivity index (χ3n) is 4.08. The predicted octanol–water partition coefficient (Wildman–Crippen LogP) is 0.877. The summed E-state index contributed by atoms with van der Waals surface area (Å²) in [7, 11) is -3.82. The molecule has 2 unspecified atom stereocenters. The van der Waals surface area contributed by atoms with Gasteiger partial charge in [0, 0.05) is 6.04 Å². The predicted molar refractivity (Wildman–Crippen MR) is 87.5 cm³/mol. The second kappa shape index (κ2) is 6.19. The first kappa shape index (κ1) is 16.4. The molecule has 1 aromatic rings. The summed E-state index contributed by atoms with van der Waals surface area (Å²) in [6.45, 7) is 0.397. The van der Waals surface area contributed by atoms with Crippen molar-refractivity contribution in [1.29, 1.82) is 0 Å². The molecule has 1 aliphatic carbocycles. The van der Waals surface area contributed by atoms with Crippen LogP contribution in [0.4, 0.5) is 10.5 Å². The van der Waals surface area contributed by atoms with Crippen LogP contribution in [0.2, 0.25) is 0 Å². The van der Waals surface area contributed by atoms with Crippen LogP contribution in [0.25, 0.3) is 0 Å². The van der Waals surface area contributed by atoms with Crippen molar-refractivity contribution < 1.29 is 23.1 Å². The normalized spacial score (nSPS) is 24.4. The van der Waals surface area contributed by atoms with E-state index in [2.05, 4.69) is 14.4 Å². The Kier molecular flexibility index (Phi) is 4.22. The van der Waals surface area contributed by atoms with E-state index in [0.29, 0.717) is 30.0 Å². The second-order valence-electron chi connectivity index (χ2n) is 5.87. The van der Waals surface area contributed by atoms with E-state index < -0.39 is 16.3 Å². The summed E-state index contributed by atoms with van der Waals surface area (Å²) in [5.41, 5.74) is 6.51. The lowest BCUT2D eigenvalue weighted by molar-refractivity contribution is 0.189. The number of nitrogens with one attached hydrogen (secondary N) is 2. The van der Waals surface area contributed by atoms with Crippen molar-refractivity contribution in [2.75, 3.05) is 11.3 Å². The van der Waals surface area contributed by atoms with E-state index in [0.717, 1.165) is 12.8 Å². The molecule has 9 nitrogen and oxygen atoms in total. The number of rotatable bonds is 4. The fourth-order valence-corrected chi connectivity index (χ4v) is 3.92. The molecule has 130 valence electrons. The monoisotopic (exact) mass is 354 g/mol. The summed E-state index contributed by atoms with van der Waals surface area (Å²) in [5, 5.41) is 11.2. The highest BCUT2D eigenvalue weighted by molar-refractivity contribution is 7.91. The second-order valence-corrected chi connectivity index (χ2v) is 7.21. The Morgan fingerprint density at radius 1 is 1.46 bits per heavy atom. The Labute approximate surface area is 139 Å². The standard InChI is InChI=1S/C14H18N4O5S/c15-13-12-10(17-24(21,22)18-13)2-1-3-11(12)23-7-8-4-5-9(6-8)16-14(19)20/h1-3,8-9,16-17H,4-7H2,(H2,15,18)(H,19,20). The smallest absolute Gasteiger partial charge is 0.404 e. The number of hydrogen-bond donors (Lipinski definition) is 4. The Hall–Kier alpha value is -2.49. The van der Waals surface area contributed by atoms with Crippen molar-refractivity contribution in [3.63, 3.8) is 0 Å². The summed E-state index contributed by atoms with van der Waals surface area (Å²) in [6, 6.07) is 4.89. The zero-order valence-electron chi connectivity index (χ0n) is 12.7. The molecule has 1 aromatic carbocycles. The SMILES string of the molecule is NC1=NS(=O)(=O)Nc2cccc(OCC3CCC(NC(=O)O)C3)c21. The number of carboxylic acid groups (broad SMARTS) is 1. The molecule has 0 radical (unpaired) electrons. The lowest BCUT2D eigenvalue weighted by Crippen LogP contribution is -2.31. The molecule has 5 N–H and O–H groups in total. The van der Waals surface area contributed by atoms with E-state index >= 15 is 0 Å². The number of hydrogen-bond acceptors (Lipinski definition) is 5. The molecule has 1 amide bonds. The molecule has 1 saturated carbocycles. The van der Waals surface area contributed by atoms with E-state index in [9.17, 15) is 13.2 Å². The number of fused-ring (bicyclic) bond motifs is 1. The van der Waals surface area contributed by atoms with Crippen LogP contribution in [0.5, 0.6) is 5.75 Å². The number of nitrogens with two attached hydrogens (primary N) is 1. The van der Waals surface area contributed by atoms with Crippen LogP contribution in [0.3, 0.4) is 0 Å². The summed E-state index contributed by atoms with van der Waals surface area (Å²) in [6.07, 6.45) is 1.32. The first-order valence-corrected chi connectivity index (χ1v) is 8.92. The topological polar surface area (TPSA) is 143 Å². The average Bonchev–Trinajstić information content (AvgIpc) is 2.90. The van der Waals surface area contributed by atoms with Gasteiger partial charge in [-0.2, -0.15) is 8.42 Å². The fourth-order valence-electron chi connectivity index (χ4n) is 3.08. The molecule has 24 heavy (non-hydrogen) atoms. The maximum absolute atomic E-state index is 11.6. The summed E-state index contributed by atoms with van der Waals surface area (Å²) >= 11 is 0. The van der Waals surface area contributed by atoms with E-state index in [-0.39, 0.29) is 17.8 Å². The van der Waals surface area contributed by atoms with Gasteiger partial charge in [0.1, 0.15) is 5.75 Å². The third kappa shape index (κ3) is 3.53. The van der Waals surface area contributed by atoms with Crippen LogP contribution in [0.15, 0.2) is 22.6 Å². The number of ether oxygens (including phenoxy) is 1. The van der Waals surface area contributed by atoms with Crippen molar-refractivity contribution >= 4 is 27.8 Å². The summed E-state index contributed by atoms with van der Waals surface area (Å²) in [5.74, 6) is 0.554. The molecule has 0 spiro atoms. The van der Waals surface area contributed by atoms with Gasteiger partial charge < -0.3 is 20.9 Å². The highest BCUT2D eigenvalue weighted by Gasteiger charge is 2.28. The zero-order valence-corrected chi connectivity index (χ0v) is 13.5. The largest absolute Gasteiger partial charge is 0.492 e. The number of nitrogens with zero attached hydrogens (tertiary/aromatic N) is 1. The molecule has 3 rings (SSSR count). The van der Waals surface area contributed by atoms with Gasteiger partial charge in [0.05, 0.1) is 17.9 Å².